The highest BCUT2D eigenvalue weighted by Crippen LogP contribution is 2.25. The first-order valence-corrected chi connectivity index (χ1v) is 8.71. The van der Waals surface area contributed by atoms with Gasteiger partial charge in [0.05, 0.1) is 22.1 Å². The molecule has 0 fully saturated rings. The summed E-state index contributed by atoms with van der Waals surface area (Å²) in [7, 11) is -4.10. The predicted octanol–water partition coefficient (Wildman–Crippen LogP) is 2.39. The molecule has 8 heteroatoms. The molecule has 0 aliphatic heterocycles. The molecule has 0 atom stereocenters. The maximum absolute atomic E-state index is 12.5. The van der Waals surface area contributed by atoms with Crippen molar-refractivity contribution in [1.82, 2.24) is 9.71 Å². The molecule has 0 saturated heterocycles. The largest absolute Gasteiger partial charge is 0.273 e. The number of hydrogen-bond acceptors (Lipinski definition) is 5. The molecular formula is C16H14ClN3O3S. The van der Waals surface area contributed by atoms with Gasteiger partial charge < -0.3 is 0 Å². The second kappa shape index (κ2) is 6.59. The average Bonchev–Trinajstić information content (AvgIpc) is 2.54. The van der Waals surface area contributed by atoms with Crippen LogP contribution in [-0.2, 0) is 20.2 Å². The number of nitrogens with one attached hydrogen (secondary N) is 1. The van der Waals surface area contributed by atoms with Gasteiger partial charge in [0.1, 0.15) is 4.90 Å². The van der Waals surface area contributed by atoms with E-state index in [0.717, 1.165) is 6.20 Å². The van der Waals surface area contributed by atoms with E-state index < -0.39 is 21.3 Å². The quantitative estimate of drug-likeness (QED) is 0.898. The second-order valence-corrected chi connectivity index (χ2v) is 7.71. The lowest BCUT2D eigenvalue weighted by Gasteiger charge is -2.24. The Hall–Kier alpha value is -2.43. The number of pyridine rings is 1. The first kappa shape index (κ1) is 17.9. The molecule has 1 heterocycles. The summed E-state index contributed by atoms with van der Waals surface area (Å²) in [5.74, 6) is -0.724. The van der Waals surface area contributed by atoms with Gasteiger partial charge in [-0.3, -0.25) is 9.78 Å². The van der Waals surface area contributed by atoms with Crippen LogP contribution >= 0.6 is 11.6 Å². The number of carbonyl (C=O) groups excluding carboxylic acids is 1. The van der Waals surface area contributed by atoms with Crippen molar-refractivity contribution in [1.29, 1.82) is 5.26 Å². The Kier molecular flexibility index (Phi) is 4.92. The van der Waals surface area contributed by atoms with Crippen molar-refractivity contribution in [3.8, 4) is 6.07 Å². The highest BCUT2D eigenvalue weighted by molar-refractivity contribution is 7.90. The molecule has 1 N–H and O–H groups in total. The molecule has 0 aliphatic carbocycles. The third kappa shape index (κ3) is 3.72. The highest BCUT2D eigenvalue weighted by Gasteiger charge is 2.33. The normalized spacial score (nSPS) is 11.6. The zero-order valence-corrected chi connectivity index (χ0v) is 14.5. The van der Waals surface area contributed by atoms with Crippen LogP contribution in [0.15, 0.2) is 47.6 Å². The van der Waals surface area contributed by atoms with Crippen molar-refractivity contribution < 1.29 is 13.2 Å². The maximum Gasteiger partial charge on any atom is 0.265 e. The summed E-state index contributed by atoms with van der Waals surface area (Å²) in [6.07, 6.45) is 2.39. The number of nitrogens with zero attached hydrogens (tertiary/aromatic N) is 2. The Balaban J connectivity index is 2.32. The van der Waals surface area contributed by atoms with Gasteiger partial charge in [-0.15, -0.1) is 0 Å². The van der Waals surface area contributed by atoms with E-state index in [1.165, 1.54) is 12.3 Å². The zero-order valence-electron chi connectivity index (χ0n) is 12.9. The summed E-state index contributed by atoms with van der Waals surface area (Å²) in [5, 5.41) is 9.11. The molecule has 1 amide bonds. The van der Waals surface area contributed by atoms with Crippen molar-refractivity contribution in [2.45, 2.75) is 24.2 Å². The summed E-state index contributed by atoms with van der Waals surface area (Å²) in [6.45, 7) is 3.15. The lowest BCUT2D eigenvalue weighted by atomic mass is 9.83. The average molecular weight is 364 g/mol. The number of carbonyl (C=O) groups is 1. The van der Waals surface area contributed by atoms with Crippen LogP contribution in [0, 0.1) is 11.3 Å². The van der Waals surface area contributed by atoms with Gasteiger partial charge in [-0.2, -0.15) is 5.26 Å². The van der Waals surface area contributed by atoms with Gasteiger partial charge in [0.15, 0.2) is 0 Å². The monoisotopic (exact) mass is 363 g/mol. The van der Waals surface area contributed by atoms with Crippen LogP contribution in [0.25, 0.3) is 0 Å². The molecule has 0 spiro atoms. The molecule has 2 rings (SSSR count). The number of halogens is 1. The minimum atomic E-state index is -4.10. The van der Waals surface area contributed by atoms with Crippen LogP contribution in [0.5, 0.6) is 0 Å². The lowest BCUT2D eigenvalue weighted by Crippen LogP contribution is -2.43. The first-order chi connectivity index (χ1) is 11.2. The Morgan fingerprint density at radius 3 is 2.62 bits per heavy atom. The summed E-state index contributed by atoms with van der Waals surface area (Å²) >= 11 is 5.74. The SMILES string of the molecule is CC(C)(C(=O)NS(=O)(=O)c1cncc(Cl)c1)c1cccc(C#N)c1. The van der Waals surface area contributed by atoms with E-state index in [0.29, 0.717) is 11.1 Å². The predicted molar refractivity (Wildman–Crippen MR) is 88.8 cm³/mol. The fourth-order valence-electron chi connectivity index (χ4n) is 1.96. The van der Waals surface area contributed by atoms with E-state index in [2.05, 4.69) is 4.98 Å². The number of amides is 1. The number of nitriles is 1. The smallest absolute Gasteiger partial charge is 0.265 e. The molecule has 2 aromatic rings. The third-order valence-corrected chi connectivity index (χ3v) is 5.00. The Morgan fingerprint density at radius 1 is 1.29 bits per heavy atom. The van der Waals surface area contributed by atoms with Crippen molar-refractivity contribution in [2.24, 2.45) is 0 Å². The van der Waals surface area contributed by atoms with E-state index in [-0.39, 0.29) is 9.92 Å². The van der Waals surface area contributed by atoms with Crippen molar-refractivity contribution in [3.05, 3.63) is 58.9 Å². The Morgan fingerprint density at radius 2 is 2.00 bits per heavy atom. The molecule has 0 aliphatic rings. The minimum Gasteiger partial charge on any atom is -0.273 e. The van der Waals surface area contributed by atoms with Crippen molar-refractivity contribution in [2.75, 3.05) is 0 Å². The Bertz CT molecular complexity index is 934. The van der Waals surface area contributed by atoms with Gasteiger partial charge in [0.2, 0.25) is 5.91 Å². The van der Waals surface area contributed by atoms with Crippen LogP contribution in [0.4, 0.5) is 0 Å². The molecule has 1 aromatic carbocycles. The van der Waals surface area contributed by atoms with Crippen molar-refractivity contribution in [3.63, 3.8) is 0 Å². The number of aromatic nitrogens is 1. The van der Waals surface area contributed by atoms with Gasteiger partial charge >= 0.3 is 0 Å². The van der Waals surface area contributed by atoms with Gasteiger partial charge in [-0.05, 0) is 37.6 Å². The van der Waals surface area contributed by atoms with Gasteiger partial charge in [-0.1, -0.05) is 23.7 Å². The summed E-state index contributed by atoms with van der Waals surface area (Å²) in [6, 6.07) is 9.64. The second-order valence-electron chi connectivity index (χ2n) is 5.59. The molecule has 1 aromatic heterocycles. The van der Waals surface area contributed by atoms with Crippen LogP contribution in [0.2, 0.25) is 5.02 Å². The summed E-state index contributed by atoms with van der Waals surface area (Å²) < 4.78 is 26.7. The van der Waals surface area contributed by atoms with Gasteiger partial charge in [0.25, 0.3) is 10.0 Å². The summed E-state index contributed by atoms with van der Waals surface area (Å²) in [4.78, 5) is 16.0. The molecular weight excluding hydrogens is 350 g/mol. The number of benzene rings is 1. The summed E-state index contributed by atoms with van der Waals surface area (Å²) in [5.41, 5.74) is -0.250. The molecule has 0 radical (unpaired) electrons. The maximum atomic E-state index is 12.5. The number of rotatable bonds is 4. The topological polar surface area (TPSA) is 99.9 Å². The third-order valence-electron chi connectivity index (χ3n) is 3.50. The fourth-order valence-corrected chi connectivity index (χ4v) is 3.29. The van der Waals surface area contributed by atoms with E-state index >= 15 is 0 Å². The first-order valence-electron chi connectivity index (χ1n) is 6.85. The van der Waals surface area contributed by atoms with E-state index in [4.69, 9.17) is 16.9 Å². The van der Waals surface area contributed by atoms with Gasteiger partial charge in [0, 0.05) is 12.4 Å². The van der Waals surface area contributed by atoms with E-state index in [1.807, 2.05) is 10.8 Å². The molecule has 124 valence electrons. The molecule has 0 bridgehead atoms. The molecule has 24 heavy (non-hydrogen) atoms. The standard InChI is InChI=1S/C16H14ClN3O3S/c1-16(2,12-5-3-4-11(6-12)8-18)15(21)20-24(22,23)14-7-13(17)9-19-10-14/h3-7,9-10H,1-2H3,(H,20,21). The number of sulfonamides is 1. The lowest BCUT2D eigenvalue weighted by molar-refractivity contribution is -0.123. The van der Waals surface area contributed by atoms with Gasteiger partial charge in [-0.25, -0.2) is 13.1 Å². The van der Waals surface area contributed by atoms with Crippen molar-refractivity contribution >= 4 is 27.5 Å². The molecule has 0 saturated carbocycles. The zero-order chi connectivity index (χ0) is 18.0. The molecule has 0 unspecified atom stereocenters. The highest BCUT2D eigenvalue weighted by atomic mass is 35.5. The van der Waals surface area contributed by atoms with E-state index in [1.54, 1.807) is 38.1 Å². The van der Waals surface area contributed by atoms with Crippen LogP contribution in [0.1, 0.15) is 25.0 Å². The number of hydrogen-bond donors (Lipinski definition) is 1. The Labute approximate surface area is 145 Å². The van der Waals surface area contributed by atoms with Crippen LogP contribution in [0.3, 0.4) is 0 Å². The van der Waals surface area contributed by atoms with Crippen LogP contribution in [-0.4, -0.2) is 19.3 Å². The van der Waals surface area contributed by atoms with Crippen LogP contribution < -0.4 is 4.72 Å². The fraction of sp³-hybridized carbons (Fsp3) is 0.188. The van der Waals surface area contributed by atoms with E-state index in [9.17, 15) is 13.2 Å². The molecule has 6 nitrogen and oxygen atoms in total. The minimum absolute atomic E-state index is 0.145.